The van der Waals surface area contributed by atoms with Gasteiger partial charge in [0.25, 0.3) is 0 Å². The van der Waals surface area contributed by atoms with E-state index in [0.29, 0.717) is 22.4 Å². The van der Waals surface area contributed by atoms with Gasteiger partial charge in [0, 0.05) is 18.0 Å². The third kappa shape index (κ3) is 4.17. The number of benzene rings is 2. The van der Waals surface area contributed by atoms with Crippen molar-refractivity contribution in [1.29, 1.82) is 0 Å². The highest BCUT2D eigenvalue weighted by Gasteiger charge is 2.17. The third-order valence-corrected chi connectivity index (χ3v) is 5.10. The van der Waals surface area contributed by atoms with Crippen LogP contribution in [0.3, 0.4) is 0 Å². The summed E-state index contributed by atoms with van der Waals surface area (Å²) in [7, 11) is 1.57. The molecule has 0 atom stereocenters. The van der Waals surface area contributed by atoms with E-state index >= 15 is 0 Å². The first-order valence-corrected chi connectivity index (χ1v) is 9.95. The molecule has 29 heavy (non-hydrogen) atoms. The van der Waals surface area contributed by atoms with Gasteiger partial charge in [-0.1, -0.05) is 54.2 Å². The molecule has 0 unspecified atom stereocenters. The van der Waals surface area contributed by atoms with Gasteiger partial charge in [-0.2, -0.15) is 0 Å². The molecule has 7 nitrogen and oxygen atoms in total. The number of anilines is 1. The van der Waals surface area contributed by atoms with E-state index < -0.39 is 0 Å². The lowest BCUT2D eigenvalue weighted by molar-refractivity contribution is -0.113. The Hall–Kier alpha value is -3.52. The Morgan fingerprint density at radius 2 is 1.72 bits per heavy atom. The van der Waals surface area contributed by atoms with E-state index in [2.05, 4.69) is 15.5 Å². The van der Waals surface area contributed by atoms with Gasteiger partial charge in [0.1, 0.15) is 5.75 Å². The lowest BCUT2D eigenvalue weighted by atomic mass is 10.2. The van der Waals surface area contributed by atoms with Crippen molar-refractivity contribution in [2.24, 2.45) is 0 Å². The van der Waals surface area contributed by atoms with Crippen LogP contribution < -0.4 is 10.1 Å². The highest BCUT2D eigenvalue weighted by molar-refractivity contribution is 7.99. The number of rotatable bonds is 7. The average molecular weight is 405 g/mol. The number of hydrogen-bond donors (Lipinski definition) is 1. The second-order valence-electron chi connectivity index (χ2n) is 6.08. The molecular weight excluding hydrogens is 386 g/mol. The van der Waals surface area contributed by atoms with Crippen LogP contribution in [0, 0.1) is 0 Å². The zero-order valence-electron chi connectivity index (χ0n) is 15.7. The highest BCUT2D eigenvalue weighted by atomic mass is 32.2. The van der Waals surface area contributed by atoms with Crippen LogP contribution in [0.2, 0.25) is 0 Å². The summed E-state index contributed by atoms with van der Waals surface area (Å²) >= 11 is 1.32. The van der Waals surface area contributed by atoms with Gasteiger partial charge in [-0.15, -0.1) is 10.2 Å². The second kappa shape index (κ2) is 8.66. The molecule has 2 aromatic heterocycles. The lowest BCUT2D eigenvalue weighted by Gasteiger charge is -2.12. The number of nitrogens with zero attached hydrogens (tertiary/aromatic N) is 4. The van der Waals surface area contributed by atoms with Crippen molar-refractivity contribution in [3.05, 3.63) is 79.1 Å². The minimum Gasteiger partial charge on any atom is -0.495 e. The first-order valence-electron chi connectivity index (χ1n) is 8.96. The number of hydrogen-bond acceptors (Lipinski definition) is 5. The summed E-state index contributed by atoms with van der Waals surface area (Å²) in [5.41, 5.74) is 1.58. The van der Waals surface area contributed by atoms with Crippen LogP contribution in [0.15, 0.2) is 84.3 Å². The minimum absolute atomic E-state index is 0.150. The van der Waals surface area contributed by atoms with Crippen molar-refractivity contribution in [3.8, 4) is 17.1 Å². The minimum atomic E-state index is -0.150. The Labute approximate surface area is 172 Å². The molecule has 4 aromatic rings. The van der Waals surface area contributed by atoms with Gasteiger partial charge in [-0.25, -0.2) is 4.68 Å². The smallest absolute Gasteiger partial charge is 0.234 e. The summed E-state index contributed by atoms with van der Waals surface area (Å²) in [5.74, 6) is 1.36. The number of amides is 1. The molecule has 1 amide bonds. The van der Waals surface area contributed by atoms with Crippen LogP contribution in [0.4, 0.5) is 5.69 Å². The maximum Gasteiger partial charge on any atom is 0.234 e. The van der Waals surface area contributed by atoms with Gasteiger partial charge in [-0.05, 0) is 24.3 Å². The van der Waals surface area contributed by atoms with Crippen molar-refractivity contribution < 1.29 is 9.53 Å². The van der Waals surface area contributed by atoms with Gasteiger partial charge in [0.2, 0.25) is 11.1 Å². The Bertz CT molecular complexity index is 1090. The average Bonchev–Trinajstić information content (AvgIpc) is 3.43. The molecular formula is C21H19N5O2S. The van der Waals surface area contributed by atoms with E-state index in [9.17, 15) is 4.79 Å². The summed E-state index contributed by atoms with van der Waals surface area (Å²) in [6.45, 7) is 0. The van der Waals surface area contributed by atoms with Gasteiger partial charge < -0.3 is 10.1 Å². The second-order valence-corrected chi connectivity index (χ2v) is 7.03. The quantitative estimate of drug-likeness (QED) is 0.474. The standard InChI is InChI=1S/C21H19N5O2S/c1-28-18-12-6-5-11-17(18)22-19(27)15-29-21-24-23-20(16-9-3-2-4-10-16)26(21)25-13-7-8-14-25/h2-14H,15H2,1H3,(H,22,27). The Morgan fingerprint density at radius 3 is 2.48 bits per heavy atom. The van der Waals surface area contributed by atoms with Crippen LogP contribution in [0.25, 0.3) is 11.4 Å². The van der Waals surface area contributed by atoms with Gasteiger partial charge in [0.15, 0.2) is 5.82 Å². The monoisotopic (exact) mass is 405 g/mol. The number of thioether (sulfide) groups is 1. The maximum absolute atomic E-state index is 12.5. The molecule has 0 aliphatic rings. The van der Waals surface area contributed by atoms with Crippen LogP contribution >= 0.6 is 11.8 Å². The fraction of sp³-hybridized carbons (Fsp3) is 0.0952. The van der Waals surface area contributed by atoms with Crippen molar-refractivity contribution >= 4 is 23.4 Å². The summed E-state index contributed by atoms with van der Waals surface area (Å²) in [6, 6.07) is 21.0. The van der Waals surface area contributed by atoms with Crippen LogP contribution in [0.5, 0.6) is 5.75 Å². The number of methoxy groups -OCH3 is 1. The topological polar surface area (TPSA) is 74.0 Å². The van der Waals surface area contributed by atoms with Crippen molar-refractivity contribution in [2.75, 3.05) is 18.2 Å². The Balaban J connectivity index is 1.55. The van der Waals surface area contributed by atoms with Crippen molar-refractivity contribution in [1.82, 2.24) is 19.5 Å². The largest absolute Gasteiger partial charge is 0.495 e. The number of nitrogens with one attached hydrogen (secondary N) is 1. The van der Waals surface area contributed by atoms with E-state index in [1.54, 1.807) is 19.2 Å². The maximum atomic E-state index is 12.5. The molecule has 0 saturated carbocycles. The fourth-order valence-corrected chi connectivity index (χ4v) is 3.59. The fourth-order valence-electron chi connectivity index (χ4n) is 2.85. The lowest BCUT2D eigenvalue weighted by Crippen LogP contribution is -2.16. The predicted molar refractivity (Wildman–Crippen MR) is 113 cm³/mol. The summed E-state index contributed by atoms with van der Waals surface area (Å²) in [4.78, 5) is 12.5. The molecule has 0 spiro atoms. The van der Waals surface area contributed by atoms with Crippen LogP contribution in [-0.4, -0.2) is 38.3 Å². The molecule has 0 bridgehead atoms. The molecule has 2 aromatic carbocycles. The molecule has 0 radical (unpaired) electrons. The zero-order chi connectivity index (χ0) is 20.1. The summed E-state index contributed by atoms with van der Waals surface area (Å²) < 4.78 is 9.06. The molecule has 0 saturated heterocycles. The van der Waals surface area contributed by atoms with Crippen LogP contribution in [0.1, 0.15) is 0 Å². The predicted octanol–water partition coefficient (Wildman–Crippen LogP) is 3.80. The number of ether oxygens (including phenoxy) is 1. The molecule has 146 valence electrons. The van der Waals surface area contributed by atoms with Crippen molar-refractivity contribution in [3.63, 3.8) is 0 Å². The van der Waals surface area contributed by atoms with E-state index in [-0.39, 0.29) is 11.7 Å². The molecule has 0 aliphatic carbocycles. The molecule has 1 N–H and O–H groups in total. The van der Waals surface area contributed by atoms with Crippen molar-refractivity contribution in [2.45, 2.75) is 5.16 Å². The first-order chi connectivity index (χ1) is 14.3. The Morgan fingerprint density at radius 1 is 1.00 bits per heavy atom. The van der Waals surface area contributed by atoms with Gasteiger partial charge in [-0.3, -0.25) is 9.47 Å². The van der Waals surface area contributed by atoms with Gasteiger partial charge in [0.05, 0.1) is 18.6 Å². The molecule has 0 aliphatic heterocycles. The SMILES string of the molecule is COc1ccccc1NC(=O)CSc1nnc(-c2ccccc2)n1-n1cccc1. The first kappa shape index (κ1) is 18.8. The summed E-state index contributed by atoms with van der Waals surface area (Å²) in [6.07, 6.45) is 3.82. The number of carbonyl (C=O) groups is 1. The zero-order valence-corrected chi connectivity index (χ0v) is 16.5. The Kier molecular flexibility index (Phi) is 5.62. The highest BCUT2D eigenvalue weighted by Crippen LogP contribution is 2.26. The van der Waals surface area contributed by atoms with E-state index in [0.717, 1.165) is 5.56 Å². The number of para-hydroxylation sites is 2. The van der Waals surface area contributed by atoms with Crippen LogP contribution in [-0.2, 0) is 4.79 Å². The van der Waals surface area contributed by atoms with E-state index in [1.807, 2.05) is 76.3 Å². The third-order valence-electron chi connectivity index (χ3n) is 4.18. The van der Waals surface area contributed by atoms with E-state index in [4.69, 9.17) is 4.74 Å². The molecule has 4 rings (SSSR count). The van der Waals surface area contributed by atoms with E-state index in [1.165, 1.54) is 11.8 Å². The number of carbonyl (C=O) groups excluding carboxylic acids is 1. The normalized spacial score (nSPS) is 10.7. The molecule has 2 heterocycles. The van der Waals surface area contributed by atoms with Gasteiger partial charge >= 0.3 is 0 Å². The number of aromatic nitrogens is 4. The summed E-state index contributed by atoms with van der Waals surface area (Å²) in [5, 5.41) is 12.2. The molecule has 8 heteroatoms. The molecule has 0 fully saturated rings.